The van der Waals surface area contributed by atoms with E-state index in [1.54, 1.807) is 0 Å². The molecule has 1 fully saturated rings. The zero-order chi connectivity index (χ0) is 12.3. The maximum Gasteiger partial charge on any atom is 0.0641 e. The first-order chi connectivity index (χ1) is 8.20. The summed E-state index contributed by atoms with van der Waals surface area (Å²) in [5, 5.41) is 7.92. The van der Waals surface area contributed by atoms with Gasteiger partial charge in [0.2, 0.25) is 0 Å². The molecular weight excluding hydrogens is 210 g/mol. The standard InChI is InChI=1S/C14H25N3/c1-11-13(10-17(3)16-11)14(15-2)9-12-7-5-4-6-8-12/h10,12,14-15H,4-9H2,1-3H3. The molecule has 2 rings (SSSR count). The molecule has 0 spiro atoms. The van der Waals surface area contributed by atoms with Crippen LogP contribution in [0.1, 0.15) is 55.8 Å². The molecule has 3 nitrogen and oxygen atoms in total. The molecular formula is C14H25N3. The Bertz CT molecular complexity index is 350. The summed E-state index contributed by atoms with van der Waals surface area (Å²) in [6.45, 7) is 2.11. The summed E-state index contributed by atoms with van der Waals surface area (Å²) in [6, 6.07) is 0.479. The molecule has 1 unspecified atom stereocenters. The van der Waals surface area contributed by atoms with Gasteiger partial charge in [-0.25, -0.2) is 0 Å². The molecule has 17 heavy (non-hydrogen) atoms. The second kappa shape index (κ2) is 5.67. The van der Waals surface area contributed by atoms with Crippen LogP contribution in [-0.2, 0) is 7.05 Å². The third kappa shape index (κ3) is 3.09. The van der Waals surface area contributed by atoms with Gasteiger partial charge in [-0.05, 0) is 26.3 Å². The van der Waals surface area contributed by atoms with E-state index in [-0.39, 0.29) is 0 Å². The molecule has 96 valence electrons. The second-order valence-electron chi connectivity index (χ2n) is 5.42. The number of aromatic nitrogens is 2. The predicted octanol–water partition coefficient (Wildman–Crippen LogP) is 2.96. The van der Waals surface area contributed by atoms with Crippen molar-refractivity contribution < 1.29 is 0 Å². The number of aryl methyl sites for hydroxylation is 2. The molecule has 1 saturated carbocycles. The largest absolute Gasteiger partial charge is 0.313 e. The van der Waals surface area contributed by atoms with E-state index in [2.05, 4.69) is 30.6 Å². The van der Waals surface area contributed by atoms with Crippen molar-refractivity contribution in [1.82, 2.24) is 15.1 Å². The van der Waals surface area contributed by atoms with Gasteiger partial charge >= 0.3 is 0 Å². The minimum Gasteiger partial charge on any atom is -0.313 e. The summed E-state index contributed by atoms with van der Waals surface area (Å²) in [5.41, 5.74) is 2.54. The molecule has 0 amide bonds. The van der Waals surface area contributed by atoms with Crippen LogP contribution in [-0.4, -0.2) is 16.8 Å². The summed E-state index contributed by atoms with van der Waals surface area (Å²) in [6.07, 6.45) is 10.5. The Kier molecular flexibility index (Phi) is 4.21. The van der Waals surface area contributed by atoms with Gasteiger partial charge in [0, 0.05) is 24.8 Å². The van der Waals surface area contributed by atoms with Crippen molar-refractivity contribution in [3.05, 3.63) is 17.5 Å². The maximum atomic E-state index is 4.45. The molecule has 1 atom stereocenters. The quantitative estimate of drug-likeness (QED) is 0.869. The van der Waals surface area contributed by atoms with Crippen molar-refractivity contribution in [2.45, 2.75) is 51.5 Å². The molecule has 0 aliphatic heterocycles. The van der Waals surface area contributed by atoms with Gasteiger partial charge in [-0.15, -0.1) is 0 Å². The van der Waals surface area contributed by atoms with Gasteiger partial charge in [-0.3, -0.25) is 4.68 Å². The molecule has 1 aliphatic rings. The van der Waals surface area contributed by atoms with Crippen molar-refractivity contribution in [2.75, 3.05) is 7.05 Å². The smallest absolute Gasteiger partial charge is 0.0641 e. The van der Waals surface area contributed by atoms with Crippen LogP contribution in [0.25, 0.3) is 0 Å². The van der Waals surface area contributed by atoms with E-state index < -0.39 is 0 Å². The Labute approximate surface area is 105 Å². The van der Waals surface area contributed by atoms with Crippen molar-refractivity contribution in [3.8, 4) is 0 Å². The van der Waals surface area contributed by atoms with E-state index in [0.717, 1.165) is 5.92 Å². The fourth-order valence-corrected chi connectivity index (χ4v) is 3.12. The number of rotatable bonds is 4. The van der Waals surface area contributed by atoms with Gasteiger partial charge in [0.05, 0.1) is 5.69 Å². The fourth-order valence-electron chi connectivity index (χ4n) is 3.12. The Morgan fingerprint density at radius 3 is 2.65 bits per heavy atom. The van der Waals surface area contributed by atoms with Gasteiger partial charge in [-0.1, -0.05) is 32.1 Å². The number of nitrogens with zero attached hydrogens (tertiary/aromatic N) is 2. The van der Waals surface area contributed by atoms with E-state index in [1.165, 1.54) is 49.8 Å². The third-order valence-electron chi connectivity index (χ3n) is 4.07. The van der Waals surface area contributed by atoms with Crippen LogP contribution in [0.2, 0.25) is 0 Å². The van der Waals surface area contributed by atoms with Gasteiger partial charge in [0.25, 0.3) is 0 Å². The average Bonchev–Trinajstić information content (AvgIpc) is 2.67. The average molecular weight is 235 g/mol. The number of nitrogens with one attached hydrogen (secondary N) is 1. The second-order valence-corrected chi connectivity index (χ2v) is 5.42. The summed E-state index contributed by atoms with van der Waals surface area (Å²) in [7, 11) is 4.07. The molecule has 1 heterocycles. The van der Waals surface area contributed by atoms with Crippen LogP contribution in [0.4, 0.5) is 0 Å². The Morgan fingerprint density at radius 1 is 1.41 bits per heavy atom. The SMILES string of the molecule is CNC(CC1CCCCC1)c1cn(C)nc1C. The molecule has 0 saturated heterocycles. The van der Waals surface area contributed by atoms with Crippen LogP contribution in [0.15, 0.2) is 6.20 Å². The molecule has 1 aromatic heterocycles. The zero-order valence-corrected chi connectivity index (χ0v) is 11.4. The zero-order valence-electron chi connectivity index (χ0n) is 11.4. The first-order valence-electron chi connectivity index (χ1n) is 6.88. The van der Waals surface area contributed by atoms with Gasteiger partial charge < -0.3 is 5.32 Å². The fraction of sp³-hybridized carbons (Fsp3) is 0.786. The normalized spacial score (nSPS) is 19.5. The van der Waals surface area contributed by atoms with Crippen LogP contribution in [0.5, 0.6) is 0 Å². The topological polar surface area (TPSA) is 29.9 Å². The minimum atomic E-state index is 0.479. The van der Waals surface area contributed by atoms with Crippen LogP contribution < -0.4 is 5.32 Å². The van der Waals surface area contributed by atoms with E-state index in [1.807, 2.05) is 11.7 Å². The van der Waals surface area contributed by atoms with Crippen LogP contribution >= 0.6 is 0 Å². The molecule has 0 bridgehead atoms. The molecule has 1 N–H and O–H groups in total. The van der Waals surface area contributed by atoms with E-state index >= 15 is 0 Å². The maximum absolute atomic E-state index is 4.45. The molecule has 3 heteroatoms. The first kappa shape index (κ1) is 12.6. The lowest BCUT2D eigenvalue weighted by Gasteiger charge is -2.26. The summed E-state index contributed by atoms with van der Waals surface area (Å²) < 4.78 is 1.93. The number of hydrogen-bond donors (Lipinski definition) is 1. The van der Waals surface area contributed by atoms with Crippen molar-refractivity contribution in [1.29, 1.82) is 0 Å². The lowest BCUT2D eigenvalue weighted by molar-refractivity contribution is 0.305. The Hall–Kier alpha value is -0.830. The van der Waals surface area contributed by atoms with Crippen molar-refractivity contribution in [3.63, 3.8) is 0 Å². The van der Waals surface area contributed by atoms with Gasteiger partial charge in [0.1, 0.15) is 0 Å². The lowest BCUT2D eigenvalue weighted by atomic mass is 9.83. The number of hydrogen-bond acceptors (Lipinski definition) is 2. The van der Waals surface area contributed by atoms with Crippen LogP contribution in [0, 0.1) is 12.8 Å². The molecule has 1 aromatic rings. The Balaban J connectivity index is 2.02. The molecule has 0 aromatic carbocycles. The summed E-state index contributed by atoms with van der Waals surface area (Å²) in [5.74, 6) is 0.904. The highest BCUT2D eigenvalue weighted by Crippen LogP contribution is 2.32. The van der Waals surface area contributed by atoms with Crippen molar-refractivity contribution in [2.24, 2.45) is 13.0 Å². The summed E-state index contributed by atoms with van der Waals surface area (Å²) >= 11 is 0. The summed E-state index contributed by atoms with van der Waals surface area (Å²) in [4.78, 5) is 0. The minimum absolute atomic E-state index is 0.479. The van der Waals surface area contributed by atoms with Crippen molar-refractivity contribution >= 4 is 0 Å². The monoisotopic (exact) mass is 235 g/mol. The van der Waals surface area contributed by atoms with Gasteiger partial charge in [0.15, 0.2) is 0 Å². The van der Waals surface area contributed by atoms with E-state index in [4.69, 9.17) is 0 Å². The first-order valence-corrected chi connectivity index (χ1v) is 6.88. The molecule has 1 aliphatic carbocycles. The highest BCUT2D eigenvalue weighted by Gasteiger charge is 2.21. The van der Waals surface area contributed by atoms with Crippen LogP contribution in [0.3, 0.4) is 0 Å². The third-order valence-corrected chi connectivity index (χ3v) is 4.07. The highest BCUT2D eigenvalue weighted by molar-refractivity contribution is 5.20. The van der Waals surface area contributed by atoms with E-state index in [0.29, 0.717) is 6.04 Å². The highest BCUT2D eigenvalue weighted by atomic mass is 15.3. The predicted molar refractivity (Wildman–Crippen MR) is 70.9 cm³/mol. The van der Waals surface area contributed by atoms with E-state index in [9.17, 15) is 0 Å². The molecule has 0 radical (unpaired) electrons. The van der Waals surface area contributed by atoms with Gasteiger partial charge in [-0.2, -0.15) is 5.10 Å². The Morgan fingerprint density at radius 2 is 2.12 bits per heavy atom. The lowest BCUT2D eigenvalue weighted by Crippen LogP contribution is -2.21.